The summed E-state index contributed by atoms with van der Waals surface area (Å²) in [5.41, 5.74) is 1.29. The molecule has 1 aromatic carbocycles. The third-order valence-electron chi connectivity index (χ3n) is 4.22. The average molecular weight is 340 g/mol. The number of anilines is 1. The van der Waals surface area contributed by atoms with E-state index < -0.39 is 0 Å². The van der Waals surface area contributed by atoms with Crippen LogP contribution < -0.4 is 10.6 Å². The SMILES string of the molecule is O=C1NCCCCC1Nc1ccc2nnc(-c3ccc(F)cc3)n2n1. The molecule has 0 bridgehead atoms. The van der Waals surface area contributed by atoms with E-state index in [4.69, 9.17) is 0 Å². The van der Waals surface area contributed by atoms with Crippen LogP contribution in [-0.4, -0.2) is 38.3 Å². The second kappa shape index (κ2) is 6.46. The van der Waals surface area contributed by atoms with Gasteiger partial charge < -0.3 is 10.6 Å². The summed E-state index contributed by atoms with van der Waals surface area (Å²) < 4.78 is 14.7. The molecule has 7 nitrogen and oxygen atoms in total. The predicted octanol–water partition coefficient (Wildman–Crippen LogP) is 2.01. The van der Waals surface area contributed by atoms with Crippen molar-refractivity contribution in [2.75, 3.05) is 11.9 Å². The molecule has 0 aliphatic carbocycles. The Morgan fingerprint density at radius 3 is 2.80 bits per heavy atom. The van der Waals surface area contributed by atoms with Gasteiger partial charge in [-0.05, 0) is 55.7 Å². The predicted molar refractivity (Wildman–Crippen MR) is 90.4 cm³/mol. The van der Waals surface area contributed by atoms with E-state index in [2.05, 4.69) is 25.9 Å². The van der Waals surface area contributed by atoms with E-state index in [0.717, 1.165) is 19.3 Å². The van der Waals surface area contributed by atoms with Crippen LogP contribution in [0.1, 0.15) is 19.3 Å². The zero-order valence-electron chi connectivity index (χ0n) is 13.4. The average Bonchev–Trinajstić information content (AvgIpc) is 2.93. The highest BCUT2D eigenvalue weighted by atomic mass is 19.1. The smallest absolute Gasteiger partial charge is 0.242 e. The lowest BCUT2D eigenvalue weighted by Gasteiger charge is -2.15. The largest absolute Gasteiger partial charge is 0.357 e. The Labute approximate surface area is 143 Å². The standard InChI is InChI=1S/C17H17FN6O/c18-12-6-4-11(5-7-12)16-22-21-15-9-8-14(23-24(15)16)20-13-3-1-2-10-19-17(13)25/h4-9,13H,1-3,10H2,(H,19,25)(H,20,23). The van der Waals surface area contributed by atoms with E-state index in [0.29, 0.717) is 29.4 Å². The Kier molecular flexibility index (Phi) is 4.01. The highest BCUT2D eigenvalue weighted by Gasteiger charge is 2.21. The molecule has 0 radical (unpaired) electrons. The van der Waals surface area contributed by atoms with Crippen LogP contribution >= 0.6 is 0 Å². The van der Waals surface area contributed by atoms with Gasteiger partial charge in [0.1, 0.15) is 17.7 Å². The summed E-state index contributed by atoms with van der Waals surface area (Å²) in [6.07, 6.45) is 2.72. The van der Waals surface area contributed by atoms with E-state index in [1.165, 1.54) is 12.1 Å². The number of aromatic nitrogens is 4. The van der Waals surface area contributed by atoms with Gasteiger partial charge in [-0.2, -0.15) is 4.52 Å². The molecule has 1 aliphatic heterocycles. The monoisotopic (exact) mass is 340 g/mol. The number of fused-ring (bicyclic) bond motifs is 1. The molecule has 0 spiro atoms. The zero-order chi connectivity index (χ0) is 17.2. The lowest BCUT2D eigenvalue weighted by molar-refractivity contribution is -0.121. The number of benzene rings is 1. The lowest BCUT2D eigenvalue weighted by atomic mass is 10.1. The maximum Gasteiger partial charge on any atom is 0.242 e. The van der Waals surface area contributed by atoms with E-state index in [1.54, 1.807) is 28.8 Å². The van der Waals surface area contributed by atoms with Crippen molar-refractivity contribution >= 4 is 17.4 Å². The highest BCUT2D eigenvalue weighted by Crippen LogP contribution is 2.19. The van der Waals surface area contributed by atoms with E-state index in [1.807, 2.05) is 0 Å². The first-order chi connectivity index (χ1) is 12.2. The molecule has 3 aromatic rings. The molecule has 2 N–H and O–H groups in total. The number of nitrogens with one attached hydrogen (secondary N) is 2. The van der Waals surface area contributed by atoms with Gasteiger partial charge in [-0.3, -0.25) is 4.79 Å². The molecule has 1 unspecified atom stereocenters. The summed E-state index contributed by atoms with van der Waals surface area (Å²) in [6.45, 7) is 0.712. The molecule has 0 saturated carbocycles. The number of amides is 1. The fourth-order valence-electron chi connectivity index (χ4n) is 2.90. The lowest BCUT2D eigenvalue weighted by Crippen LogP contribution is -2.38. The molecule has 25 heavy (non-hydrogen) atoms. The molecule has 8 heteroatoms. The van der Waals surface area contributed by atoms with Gasteiger partial charge in [0.15, 0.2) is 11.5 Å². The summed E-state index contributed by atoms with van der Waals surface area (Å²) in [5.74, 6) is 0.760. The van der Waals surface area contributed by atoms with E-state index in [9.17, 15) is 9.18 Å². The Hall–Kier alpha value is -3.03. The normalized spacial score (nSPS) is 18.0. The molecule has 1 saturated heterocycles. The molecule has 1 fully saturated rings. The molecule has 4 rings (SSSR count). The Bertz CT molecular complexity index is 907. The third-order valence-corrected chi connectivity index (χ3v) is 4.22. The van der Waals surface area contributed by atoms with Crippen LogP contribution in [0.2, 0.25) is 0 Å². The fourth-order valence-corrected chi connectivity index (χ4v) is 2.90. The molecule has 1 aliphatic rings. The van der Waals surface area contributed by atoms with Crippen molar-refractivity contribution in [1.82, 2.24) is 25.1 Å². The number of carbonyl (C=O) groups excluding carboxylic acids is 1. The minimum atomic E-state index is -0.313. The Morgan fingerprint density at radius 1 is 1.12 bits per heavy atom. The van der Waals surface area contributed by atoms with Crippen molar-refractivity contribution in [3.63, 3.8) is 0 Å². The van der Waals surface area contributed by atoms with Gasteiger partial charge in [-0.15, -0.1) is 15.3 Å². The number of hydrogen-bond donors (Lipinski definition) is 2. The number of nitrogens with zero attached hydrogens (tertiary/aromatic N) is 4. The molecule has 1 amide bonds. The quantitative estimate of drug-likeness (QED) is 0.762. The van der Waals surface area contributed by atoms with Crippen LogP contribution in [0.3, 0.4) is 0 Å². The van der Waals surface area contributed by atoms with Gasteiger partial charge in [0, 0.05) is 12.1 Å². The van der Waals surface area contributed by atoms with Gasteiger partial charge in [-0.1, -0.05) is 0 Å². The minimum Gasteiger partial charge on any atom is -0.357 e. The Morgan fingerprint density at radius 2 is 1.96 bits per heavy atom. The minimum absolute atomic E-state index is 0.0121. The second-order valence-corrected chi connectivity index (χ2v) is 6.00. The van der Waals surface area contributed by atoms with Gasteiger partial charge in [0.05, 0.1) is 0 Å². The van der Waals surface area contributed by atoms with Gasteiger partial charge >= 0.3 is 0 Å². The number of halogens is 1. The van der Waals surface area contributed by atoms with Crippen LogP contribution in [0.25, 0.3) is 17.0 Å². The fraction of sp³-hybridized carbons (Fsp3) is 0.294. The molecule has 3 heterocycles. The van der Waals surface area contributed by atoms with E-state index in [-0.39, 0.29) is 17.8 Å². The maximum absolute atomic E-state index is 13.1. The van der Waals surface area contributed by atoms with E-state index >= 15 is 0 Å². The van der Waals surface area contributed by atoms with Crippen LogP contribution in [0.15, 0.2) is 36.4 Å². The summed E-state index contributed by atoms with van der Waals surface area (Å²) in [5, 5.41) is 18.8. The first-order valence-corrected chi connectivity index (χ1v) is 8.23. The molecule has 2 aromatic heterocycles. The molecule has 1 atom stereocenters. The van der Waals surface area contributed by atoms with Crippen LogP contribution in [0.5, 0.6) is 0 Å². The van der Waals surface area contributed by atoms with Crippen molar-refractivity contribution in [1.29, 1.82) is 0 Å². The number of carbonyl (C=O) groups is 1. The highest BCUT2D eigenvalue weighted by molar-refractivity contribution is 5.84. The first kappa shape index (κ1) is 15.5. The van der Waals surface area contributed by atoms with Crippen molar-refractivity contribution in [2.24, 2.45) is 0 Å². The third kappa shape index (κ3) is 3.15. The summed E-state index contributed by atoms with van der Waals surface area (Å²) >= 11 is 0. The van der Waals surface area contributed by atoms with Crippen molar-refractivity contribution in [3.05, 3.63) is 42.2 Å². The number of hydrogen-bond acceptors (Lipinski definition) is 5. The van der Waals surface area contributed by atoms with Crippen LogP contribution in [0, 0.1) is 5.82 Å². The molecular formula is C17H17FN6O. The van der Waals surface area contributed by atoms with Crippen molar-refractivity contribution in [3.8, 4) is 11.4 Å². The second-order valence-electron chi connectivity index (χ2n) is 6.00. The molecule has 128 valence electrons. The topological polar surface area (TPSA) is 84.2 Å². The summed E-state index contributed by atoms with van der Waals surface area (Å²) in [6, 6.07) is 9.25. The summed E-state index contributed by atoms with van der Waals surface area (Å²) in [7, 11) is 0. The molecular weight excluding hydrogens is 323 g/mol. The Balaban J connectivity index is 1.66. The number of rotatable bonds is 3. The summed E-state index contributed by atoms with van der Waals surface area (Å²) in [4.78, 5) is 12.1. The van der Waals surface area contributed by atoms with Crippen molar-refractivity contribution in [2.45, 2.75) is 25.3 Å². The zero-order valence-corrected chi connectivity index (χ0v) is 13.4. The van der Waals surface area contributed by atoms with Crippen molar-refractivity contribution < 1.29 is 9.18 Å². The first-order valence-electron chi connectivity index (χ1n) is 8.23. The van der Waals surface area contributed by atoms with Gasteiger partial charge in [-0.25, -0.2) is 4.39 Å². The van der Waals surface area contributed by atoms with Crippen LogP contribution in [0.4, 0.5) is 10.2 Å². The van der Waals surface area contributed by atoms with Gasteiger partial charge in [0.2, 0.25) is 5.91 Å². The van der Waals surface area contributed by atoms with Crippen LogP contribution in [-0.2, 0) is 4.79 Å². The van der Waals surface area contributed by atoms with Gasteiger partial charge in [0.25, 0.3) is 0 Å². The maximum atomic E-state index is 13.1.